The summed E-state index contributed by atoms with van der Waals surface area (Å²) in [7, 11) is 0. The number of anilines is 1. The maximum atomic E-state index is 4.77. The van der Waals surface area contributed by atoms with Crippen LogP contribution in [0.25, 0.3) is 11.5 Å². The second kappa shape index (κ2) is 5.80. The lowest BCUT2D eigenvalue weighted by Gasteiger charge is -2.25. The minimum Gasteiger partial charge on any atom is -0.354 e. The van der Waals surface area contributed by atoms with Gasteiger partial charge in [-0.1, -0.05) is 19.9 Å². The highest BCUT2D eigenvalue weighted by Crippen LogP contribution is 2.29. The largest absolute Gasteiger partial charge is 0.354 e. The number of aryl methyl sites for hydroxylation is 1. The Morgan fingerprint density at radius 3 is 2.71 bits per heavy atom. The molecule has 3 heterocycles. The van der Waals surface area contributed by atoms with Crippen molar-refractivity contribution in [2.24, 2.45) is 5.92 Å². The first-order valence-electron chi connectivity index (χ1n) is 7.75. The summed E-state index contributed by atoms with van der Waals surface area (Å²) >= 11 is 0. The Balaban J connectivity index is 2.02. The van der Waals surface area contributed by atoms with E-state index in [-0.39, 0.29) is 0 Å². The van der Waals surface area contributed by atoms with Gasteiger partial charge >= 0.3 is 0 Å². The first kappa shape index (κ1) is 14.0. The molecule has 4 nitrogen and oxygen atoms in total. The van der Waals surface area contributed by atoms with Gasteiger partial charge in [0, 0.05) is 30.5 Å². The predicted molar refractivity (Wildman–Crippen MR) is 85.2 cm³/mol. The molecule has 4 heteroatoms. The third-order valence-electron chi connectivity index (χ3n) is 4.46. The number of aromatic nitrogens is 3. The van der Waals surface area contributed by atoms with Crippen LogP contribution in [0, 0.1) is 5.92 Å². The van der Waals surface area contributed by atoms with Crippen LogP contribution in [0.4, 0.5) is 5.82 Å². The van der Waals surface area contributed by atoms with E-state index >= 15 is 0 Å². The smallest absolute Gasteiger partial charge is 0.180 e. The molecule has 0 amide bonds. The molecule has 1 aliphatic rings. The maximum absolute atomic E-state index is 4.77. The van der Waals surface area contributed by atoms with Crippen LogP contribution in [0.3, 0.4) is 0 Å². The third kappa shape index (κ3) is 2.75. The molecule has 21 heavy (non-hydrogen) atoms. The highest BCUT2D eigenvalue weighted by atomic mass is 15.2. The van der Waals surface area contributed by atoms with Crippen LogP contribution in [0.5, 0.6) is 0 Å². The molecule has 0 saturated carbocycles. The fraction of sp³-hybridized carbons (Fsp3) is 0.471. The van der Waals surface area contributed by atoms with E-state index in [9.17, 15) is 0 Å². The summed E-state index contributed by atoms with van der Waals surface area (Å²) in [5, 5.41) is 0. The van der Waals surface area contributed by atoms with Crippen molar-refractivity contribution in [1.82, 2.24) is 15.0 Å². The van der Waals surface area contributed by atoms with Crippen molar-refractivity contribution in [2.45, 2.75) is 39.7 Å². The molecule has 1 saturated heterocycles. The monoisotopic (exact) mass is 282 g/mol. The van der Waals surface area contributed by atoms with Crippen molar-refractivity contribution in [3.63, 3.8) is 0 Å². The number of hydrogen-bond acceptors (Lipinski definition) is 4. The van der Waals surface area contributed by atoms with Gasteiger partial charge in [0.05, 0.1) is 0 Å². The van der Waals surface area contributed by atoms with Crippen LogP contribution in [-0.2, 0) is 6.42 Å². The molecule has 0 aliphatic carbocycles. The molecule has 0 N–H and O–H groups in total. The van der Waals surface area contributed by atoms with Gasteiger partial charge in [-0.25, -0.2) is 9.97 Å². The van der Waals surface area contributed by atoms with Gasteiger partial charge < -0.3 is 4.90 Å². The summed E-state index contributed by atoms with van der Waals surface area (Å²) in [4.78, 5) is 16.2. The van der Waals surface area contributed by atoms with Crippen LogP contribution < -0.4 is 4.90 Å². The van der Waals surface area contributed by atoms with E-state index in [4.69, 9.17) is 4.98 Å². The lowest BCUT2D eigenvalue weighted by molar-refractivity contribution is 0.544. The zero-order valence-corrected chi connectivity index (χ0v) is 13.0. The van der Waals surface area contributed by atoms with E-state index in [0.29, 0.717) is 12.0 Å². The molecule has 2 unspecified atom stereocenters. The lowest BCUT2D eigenvalue weighted by Crippen LogP contribution is -2.30. The summed E-state index contributed by atoms with van der Waals surface area (Å²) in [6.45, 7) is 7.80. The van der Waals surface area contributed by atoms with E-state index in [1.165, 1.54) is 6.42 Å². The number of rotatable bonds is 3. The van der Waals surface area contributed by atoms with Gasteiger partial charge in [0.2, 0.25) is 0 Å². The molecular formula is C17H22N4. The predicted octanol–water partition coefficient (Wildman–Crippen LogP) is 3.34. The summed E-state index contributed by atoms with van der Waals surface area (Å²) in [5.41, 5.74) is 1.92. The van der Waals surface area contributed by atoms with Crippen LogP contribution in [0.1, 0.15) is 32.9 Å². The fourth-order valence-corrected chi connectivity index (χ4v) is 2.84. The minimum absolute atomic E-state index is 0.529. The van der Waals surface area contributed by atoms with E-state index in [1.54, 1.807) is 6.20 Å². The second-order valence-electron chi connectivity index (χ2n) is 5.81. The molecule has 0 radical (unpaired) electrons. The van der Waals surface area contributed by atoms with Gasteiger partial charge in [-0.15, -0.1) is 0 Å². The van der Waals surface area contributed by atoms with Gasteiger partial charge in [-0.05, 0) is 37.8 Å². The van der Waals surface area contributed by atoms with Crippen LogP contribution >= 0.6 is 0 Å². The van der Waals surface area contributed by atoms with Gasteiger partial charge in [0.25, 0.3) is 0 Å². The molecule has 2 aromatic heterocycles. The number of pyridine rings is 1. The summed E-state index contributed by atoms with van der Waals surface area (Å²) in [5.74, 6) is 2.49. The van der Waals surface area contributed by atoms with Crippen molar-refractivity contribution in [3.8, 4) is 11.5 Å². The normalized spacial score (nSPS) is 21.8. The van der Waals surface area contributed by atoms with Crippen molar-refractivity contribution in [1.29, 1.82) is 0 Å². The Bertz CT molecular complexity index is 611. The Kier molecular flexibility index (Phi) is 3.86. The van der Waals surface area contributed by atoms with E-state index in [2.05, 4.69) is 41.7 Å². The van der Waals surface area contributed by atoms with Crippen LogP contribution in [0.15, 0.2) is 30.5 Å². The standard InChI is InChI=1S/C17H22N4/c1-4-14-11-16(21-10-8-12(2)13(21)3)20-17(19-14)15-7-5-6-9-18-15/h5-7,9,11-13H,4,8,10H2,1-3H3. The van der Waals surface area contributed by atoms with Crippen LogP contribution in [-0.4, -0.2) is 27.5 Å². The Morgan fingerprint density at radius 1 is 1.24 bits per heavy atom. The first-order chi connectivity index (χ1) is 10.2. The lowest BCUT2D eigenvalue weighted by atomic mass is 10.1. The van der Waals surface area contributed by atoms with Gasteiger partial charge in [0.15, 0.2) is 5.82 Å². The Hall–Kier alpha value is -1.97. The fourth-order valence-electron chi connectivity index (χ4n) is 2.84. The molecule has 2 atom stereocenters. The SMILES string of the molecule is CCc1cc(N2CCC(C)C2C)nc(-c2ccccn2)n1. The molecule has 1 fully saturated rings. The first-order valence-corrected chi connectivity index (χ1v) is 7.75. The highest BCUT2D eigenvalue weighted by molar-refractivity contribution is 5.54. The molecular weight excluding hydrogens is 260 g/mol. The topological polar surface area (TPSA) is 41.9 Å². The number of nitrogens with zero attached hydrogens (tertiary/aromatic N) is 4. The maximum Gasteiger partial charge on any atom is 0.180 e. The van der Waals surface area contributed by atoms with Gasteiger partial charge in [0.1, 0.15) is 11.5 Å². The summed E-state index contributed by atoms with van der Waals surface area (Å²) in [6, 6.07) is 8.51. The Morgan fingerprint density at radius 2 is 2.10 bits per heavy atom. The van der Waals surface area contributed by atoms with Crippen molar-refractivity contribution in [3.05, 3.63) is 36.2 Å². The van der Waals surface area contributed by atoms with Crippen LogP contribution in [0.2, 0.25) is 0 Å². The average molecular weight is 282 g/mol. The molecule has 0 bridgehead atoms. The van der Waals surface area contributed by atoms with E-state index < -0.39 is 0 Å². The molecule has 2 aromatic rings. The molecule has 0 spiro atoms. The molecule has 0 aromatic carbocycles. The zero-order chi connectivity index (χ0) is 14.8. The van der Waals surface area contributed by atoms with Gasteiger partial charge in [-0.2, -0.15) is 0 Å². The van der Waals surface area contributed by atoms with Crippen molar-refractivity contribution < 1.29 is 0 Å². The second-order valence-corrected chi connectivity index (χ2v) is 5.81. The molecule has 3 rings (SSSR count). The van der Waals surface area contributed by atoms with E-state index in [1.807, 2.05) is 18.2 Å². The average Bonchev–Trinajstić information content (AvgIpc) is 2.87. The zero-order valence-electron chi connectivity index (χ0n) is 13.0. The van der Waals surface area contributed by atoms with Gasteiger partial charge in [-0.3, -0.25) is 4.98 Å². The number of hydrogen-bond donors (Lipinski definition) is 0. The Labute approximate surface area is 126 Å². The molecule has 1 aliphatic heterocycles. The minimum atomic E-state index is 0.529. The third-order valence-corrected chi connectivity index (χ3v) is 4.46. The quantitative estimate of drug-likeness (QED) is 0.866. The molecule has 110 valence electrons. The van der Waals surface area contributed by atoms with E-state index in [0.717, 1.165) is 36.0 Å². The highest BCUT2D eigenvalue weighted by Gasteiger charge is 2.28. The summed E-state index contributed by atoms with van der Waals surface area (Å²) in [6.07, 6.45) is 3.93. The van der Waals surface area contributed by atoms with Crippen molar-refractivity contribution in [2.75, 3.05) is 11.4 Å². The summed E-state index contributed by atoms with van der Waals surface area (Å²) < 4.78 is 0. The van der Waals surface area contributed by atoms with Crippen molar-refractivity contribution >= 4 is 5.82 Å².